The van der Waals surface area contributed by atoms with Gasteiger partial charge < -0.3 is 10.5 Å². The number of anilines is 1. The van der Waals surface area contributed by atoms with Crippen molar-refractivity contribution in [3.63, 3.8) is 0 Å². The predicted molar refractivity (Wildman–Crippen MR) is 51.5 cm³/mol. The molecule has 0 unspecified atom stereocenters. The molecule has 65 valence electrons. The van der Waals surface area contributed by atoms with Crippen LogP contribution in [-0.4, -0.2) is 12.1 Å². The molecule has 3 nitrogen and oxygen atoms in total. The molecule has 1 aromatic heterocycles. The Labute approximate surface area is 76.2 Å². The van der Waals surface area contributed by atoms with Crippen LogP contribution < -0.4 is 10.5 Å². The van der Waals surface area contributed by atoms with Crippen LogP contribution in [0.1, 0.15) is 0 Å². The van der Waals surface area contributed by atoms with Crippen molar-refractivity contribution in [2.45, 2.75) is 0 Å². The summed E-state index contributed by atoms with van der Waals surface area (Å²) in [7, 11) is 1.57. The third kappa shape index (κ3) is 1.28. The lowest BCUT2D eigenvalue weighted by molar-refractivity contribution is 0.399. The first-order valence-electron chi connectivity index (χ1n) is 3.91. The van der Waals surface area contributed by atoms with E-state index < -0.39 is 0 Å². The van der Waals surface area contributed by atoms with E-state index in [0.29, 0.717) is 11.7 Å². The first-order valence-corrected chi connectivity index (χ1v) is 3.91. The van der Waals surface area contributed by atoms with E-state index >= 15 is 0 Å². The third-order valence-corrected chi connectivity index (χ3v) is 1.89. The molecular weight excluding hydrogens is 164 g/mol. The van der Waals surface area contributed by atoms with Crippen LogP contribution in [0, 0.1) is 6.07 Å². The molecule has 0 aliphatic heterocycles. The lowest BCUT2D eigenvalue weighted by atomic mass is 10.1. The van der Waals surface area contributed by atoms with Gasteiger partial charge in [-0.1, -0.05) is 12.1 Å². The Balaban J connectivity index is 2.77. The molecule has 1 radical (unpaired) electrons. The van der Waals surface area contributed by atoms with Gasteiger partial charge in [0.2, 0.25) is 5.88 Å². The highest BCUT2D eigenvalue weighted by atomic mass is 16.5. The lowest BCUT2D eigenvalue weighted by Gasteiger charge is -2.03. The van der Waals surface area contributed by atoms with Crippen molar-refractivity contribution in [1.82, 2.24) is 4.98 Å². The number of ether oxygens (including phenoxy) is 1. The summed E-state index contributed by atoms with van der Waals surface area (Å²) < 4.78 is 5.00. The van der Waals surface area contributed by atoms with Crippen LogP contribution in [0.2, 0.25) is 0 Å². The molecule has 0 saturated heterocycles. The van der Waals surface area contributed by atoms with E-state index in [-0.39, 0.29) is 0 Å². The first kappa shape index (κ1) is 7.86. The SMILES string of the molecule is COc1cc2cc[c]cc2c(N)n1. The van der Waals surface area contributed by atoms with Gasteiger partial charge in [-0.2, -0.15) is 4.98 Å². The number of hydrogen-bond acceptors (Lipinski definition) is 3. The minimum atomic E-state index is 0.478. The predicted octanol–water partition coefficient (Wildman–Crippen LogP) is 1.63. The second-order valence-corrected chi connectivity index (χ2v) is 2.70. The topological polar surface area (TPSA) is 48.1 Å². The Morgan fingerprint density at radius 3 is 3.15 bits per heavy atom. The van der Waals surface area contributed by atoms with Gasteiger partial charge in [-0.05, 0) is 17.5 Å². The summed E-state index contributed by atoms with van der Waals surface area (Å²) in [5.41, 5.74) is 5.72. The molecule has 0 aliphatic carbocycles. The zero-order valence-corrected chi connectivity index (χ0v) is 7.24. The van der Waals surface area contributed by atoms with Crippen molar-refractivity contribution in [2.24, 2.45) is 0 Å². The van der Waals surface area contributed by atoms with E-state index in [1.807, 2.05) is 24.3 Å². The van der Waals surface area contributed by atoms with Crippen molar-refractivity contribution in [1.29, 1.82) is 0 Å². The standard InChI is InChI=1S/C10H9N2O/c1-13-9-6-7-4-2-3-5-8(7)10(11)12-9/h2,4-6H,1H3,(H2,11,12). The summed E-state index contributed by atoms with van der Waals surface area (Å²) in [6.45, 7) is 0. The second-order valence-electron chi connectivity index (χ2n) is 2.70. The van der Waals surface area contributed by atoms with Gasteiger partial charge in [0, 0.05) is 11.5 Å². The van der Waals surface area contributed by atoms with Crippen molar-refractivity contribution in [3.8, 4) is 5.88 Å². The Bertz CT molecular complexity index is 440. The molecule has 0 bridgehead atoms. The highest BCUT2D eigenvalue weighted by Gasteiger charge is 2.01. The molecule has 2 aromatic rings. The van der Waals surface area contributed by atoms with Gasteiger partial charge in [0.05, 0.1) is 7.11 Å². The van der Waals surface area contributed by atoms with E-state index in [0.717, 1.165) is 10.8 Å². The number of rotatable bonds is 1. The molecular formula is C10H9N2O. The number of aromatic nitrogens is 1. The number of nitrogens with zero attached hydrogens (tertiary/aromatic N) is 1. The van der Waals surface area contributed by atoms with Crippen molar-refractivity contribution in [3.05, 3.63) is 30.3 Å². The maximum Gasteiger partial charge on any atom is 0.215 e. The zero-order chi connectivity index (χ0) is 9.26. The molecule has 0 amide bonds. The Hall–Kier alpha value is -1.77. The molecule has 1 aromatic carbocycles. The maximum atomic E-state index is 5.72. The van der Waals surface area contributed by atoms with E-state index in [4.69, 9.17) is 10.5 Å². The zero-order valence-electron chi connectivity index (χ0n) is 7.24. The minimum absolute atomic E-state index is 0.478. The van der Waals surface area contributed by atoms with Crippen LogP contribution in [-0.2, 0) is 0 Å². The molecule has 0 aliphatic rings. The second kappa shape index (κ2) is 2.94. The van der Waals surface area contributed by atoms with Gasteiger partial charge in [-0.25, -0.2) is 0 Å². The van der Waals surface area contributed by atoms with E-state index in [9.17, 15) is 0 Å². The molecule has 0 fully saturated rings. The smallest absolute Gasteiger partial charge is 0.215 e. The fourth-order valence-corrected chi connectivity index (χ4v) is 1.24. The molecule has 3 heteroatoms. The van der Waals surface area contributed by atoms with E-state index in [1.54, 1.807) is 7.11 Å². The largest absolute Gasteiger partial charge is 0.481 e. The number of pyridine rings is 1. The monoisotopic (exact) mass is 173 g/mol. The highest BCUT2D eigenvalue weighted by Crippen LogP contribution is 2.22. The van der Waals surface area contributed by atoms with Crippen molar-refractivity contribution >= 4 is 16.6 Å². The summed E-state index contributed by atoms with van der Waals surface area (Å²) in [4.78, 5) is 4.06. The van der Waals surface area contributed by atoms with Gasteiger partial charge in [0.1, 0.15) is 5.82 Å². The summed E-state index contributed by atoms with van der Waals surface area (Å²) in [6, 6.07) is 10.4. The molecule has 13 heavy (non-hydrogen) atoms. The van der Waals surface area contributed by atoms with Crippen molar-refractivity contribution in [2.75, 3.05) is 12.8 Å². The number of methoxy groups -OCH3 is 1. The van der Waals surface area contributed by atoms with Crippen LogP contribution in [0.5, 0.6) is 5.88 Å². The molecule has 2 rings (SSSR count). The summed E-state index contributed by atoms with van der Waals surface area (Å²) in [5.74, 6) is 1.02. The Kier molecular flexibility index (Phi) is 1.77. The van der Waals surface area contributed by atoms with Crippen molar-refractivity contribution < 1.29 is 4.74 Å². The van der Waals surface area contributed by atoms with Crippen LogP contribution in [0.4, 0.5) is 5.82 Å². The molecule has 2 N–H and O–H groups in total. The lowest BCUT2D eigenvalue weighted by Crippen LogP contribution is -1.94. The fraction of sp³-hybridized carbons (Fsp3) is 0.100. The number of nitrogens with two attached hydrogens (primary N) is 1. The average Bonchev–Trinajstić information content (AvgIpc) is 2.18. The summed E-state index contributed by atoms with van der Waals surface area (Å²) in [5, 5.41) is 1.92. The molecule has 0 atom stereocenters. The number of nitrogen functional groups attached to an aromatic ring is 1. The molecule has 0 spiro atoms. The van der Waals surface area contributed by atoms with Gasteiger partial charge in [-0.3, -0.25) is 0 Å². The third-order valence-electron chi connectivity index (χ3n) is 1.89. The summed E-state index contributed by atoms with van der Waals surface area (Å²) >= 11 is 0. The molecule has 0 saturated carbocycles. The number of benzene rings is 1. The first-order chi connectivity index (χ1) is 6.31. The van der Waals surface area contributed by atoms with E-state index in [1.165, 1.54) is 0 Å². The van der Waals surface area contributed by atoms with Gasteiger partial charge in [-0.15, -0.1) is 0 Å². The van der Waals surface area contributed by atoms with Crippen LogP contribution in [0.25, 0.3) is 10.8 Å². The fourth-order valence-electron chi connectivity index (χ4n) is 1.24. The highest BCUT2D eigenvalue weighted by molar-refractivity contribution is 5.91. The van der Waals surface area contributed by atoms with Crippen LogP contribution in [0.3, 0.4) is 0 Å². The van der Waals surface area contributed by atoms with Gasteiger partial charge in [0.15, 0.2) is 0 Å². The number of hydrogen-bond donors (Lipinski definition) is 1. The van der Waals surface area contributed by atoms with E-state index in [2.05, 4.69) is 11.1 Å². The Morgan fingerprint density at radius 2 is 2.38 bits per heavy atom. The Morgan fingerprint density at radius 1 is 1.54 bits per heavy atom. The normalized spacial score (nSPS) is 10.2. The average molecular weight is 173 g/mol. The quantitative estimate of drug-likeness (QED) is 0.712. The maximum absolute atomic E-state index is 5.72. The van der Waals surface area contributed by atoms with Gasteiger partial charge >= 0.3 is 0 Å². The van der Waals surface area contributed by atoms with Gasteiger partial charge in [0.25, 0.3) is 0 Å². The van der Waals surface area contributed by atoms with Crippen LogP contribution >= 0.6 is 0 Å². The summed E-state index contributed by atoms with van der Waals surface area (Å²) in [6.07, 6.45) is 0. The van der Waals surface area contributed by atoms with Crippen LogP contribution in [0.15, 0.2) is 24.3 Å². The molecule has 1 heterocycles. The number of fused-ring (bicyclic) bond motifs is 1. The minimum Gasteiger partial charge on any atom is -0.481 e.